The van der Waals surface area contributed by atoms with E-state index in [0.29, 0.717) is 24.2 Å². The van der Waals surface area contributed by atoms with Gasteiger partial charge in [-0.2, -0.15) is 0 Å². The van der Waals surface area contributed by atoms with Crippen LogP contribution in [0.3, 0.4) is 0 Å². The third-order valence-electron chi connectivity index (χ3n) is 8.48. The Morgan fingerprint density at radius 3 is 2.53 bits per heavy atom. The first kappa shape index (κ1) is 23.0. The molecule has 0 aliphatic heterocycles. The minimum atomic E-state index is -0.222. The molecule has 0 radical (unpaired) electrons. The summed E-state index contributed by atoms with van der Waals surface area (Å²) in [6.45, 7) is 9.53. The van der Waals surface area contributed by atoms with Gasteiger partial charge in [-0.25, -0.2) is 0 Å². The van der Waals surface area contributed by atoms with Crippen molar-refractivity contribution in [3.63, 3.8) is 0 Å². The molecular weight excluding hydrogens is 380 g/mol. The molecule has 0 aromatic heterocycles. The van der Waals surface area contributed by atoms with Crippen molar-refractivity contribution >= 4 is 18.2 Å². The van der Waals surface area contributed by atoms with Crippen LogP contribution in [0.4, 0.5) is 0 Å². The third-order valence-corrected chi connectivity index (χ3v) is 8.48. The van der Waals surface area contributed by atoms with Crippen molar-refractivity contribution in [2.45, 2.75) is 98.2 Å². The number of carbonyl (C=O) groups excluding carboxylic acids is 3. The molecule has 0 aromatic carbocycles. The van der Waals surface area contributed by atoms with E-state index in [1.54, 1.807) is 0 Å². The van der Waals surface area contributed by atoms with Crippen molar-refractivity contribution in [3.8, 4) is 0 Å². The van der Waals surface area contributed by atoms with Crippen LogP contribution >= 0.6 is 0 Å². The Balaban J connectivity index is 1.82. The van der Waals surface area contributed by atoms with Crippen molar-refractivity contribution in [1.82, 2.24) is 0 Å². The molecule has 0 amide bonds. The van der Waals surface area contributed by atoms with E-state index in [4.69, 9.17) is 9.47 Å². The van der Waals surface area contributed by atoms with Crippen LogP contribution in [0.25, 0.3) is 0 Å². The van der Waals surface area contributed by atoms with Crippen LogP contribution in [0.1, 0.15) is 86.0 Å². The minimum Gasteiger partial charge on any atom is -0.463 e. The summed E-state index contributed by atoms with van der Waals surface area (Å²) in [4.78, 5) is 34.5. The normalized spacial score (nSPS) is 37.3. The highest BCUT2D eigenvalue weighted by molar-refractivity contribution is 5.66. The van der Waals surface area contributed by atoms with Crippen LogP contribution in [-0.2, 0) is 23.9 Å². The van der Waals surface area contributed by atoms with Crippen LogP contribution in [0.2, 0.25) is 0 Å². The highest BCUT2D eigenvalue weighted by Gasteiger charge is 2.52. The van der Waals surface area contributed by atoms with E-state index >= 15 is 0 Å². The summed E-state index contributed by atoms with van der Waals surface area (Å²) < 4.78 is 11.0. The molecule has 5 heteroatoms. The first-order valence-corrected chi connectivity index (χ1v) is 11.6. The Bertz CT molecular complexity index is 710. The highest BCUT2D eigenvalue weighted by Crippen LogP contribution is 2.59. The van der Waals surface area contributed by atoms with Crippen LogP contribution in [0.15, 0.2) is 11.1 Å². The second kappa shape index (κ2) is 9.23. The maximum Gasteiger partial charge on any atom is 0.302 e. The van der Waals surface area contributed by atoms with Crippen LogP contribution in [0.5, 0.6) is 0 Å². The lowest BCUT2D eigenvalue weighted by Gasteiger charge is -2.55. The van der Waals surface area contributed by atoms with E-state index in [1.807, 2.05) is 6.92 Å². The summed E-state index contributed by atoms with van der Waals surface area (Å²) in [5, 5.41) is 0. The van der Waals surface area contributed by atoms with Gasteiger partial charge in [-0.3, -0.25) is 9.59 Å². The zero-order chi connectivity index (χ0) is 22.1. The molecule has 0 saturated heterocycles. The van der Waals surface area contributed by atoms with E-state index in [2.05, 4.69) is 13.8 Å². The summed E-state index contributed by atoms with van der Waals surface area (Å²) in [6.07, 6.45) is 8.71. The fourth-order valence-electron chi connectivity index (χ4n) is 7.03. The number of hydrogen-bond donors (Lipinski definition) is 0. The molecule has 7 atom stereocenters. The van der Waals surface area contributed by atoms with Crippen molar-refractivity contribution in [1.29, 1.82) is 0 Å². The highest BCUT2D eigenvalue weighted by atomic mass is 16.5. The van der Waals surface area contributed by atoms with E-state index in [9.17, 15) is 14.4 Å². The standard InChI is InChI=1S/C25H38O5/c1-15-21(16(2)29-17(3)27)8-9-22(15)23-7-6-19-14-20(30-18(4)28)10-12-25(19,5)24(23)11-13-26/h13,16,19-21,23-24H,6-12,14H2,1-5H3/t16?,19-,20-,21?,23?,24?,25-/m0/s1. The summed E-state index contributed by atoms with van der Waals surface area (Å²) in [7, 11) is 0. The van der Waals surface area contributed by atoms with Crippen LogP contribution < -0.4 is 0 Å². The second-order valence-electron chi connectivity index (χ2n) is 10.1. The van der Waals surface area contributed by atoms with Gasteiger partial charge in [0.05, 0.1) is 0 Å². The van der Waals surface area contributed by atoms with Crippen molar-refractivity contribution in [2.75, 3.05) is 0 Å². The smallest absolute Gasteiger partial charge is 0.302 e. The van der Waals surface area contributed by atoms with E-state index in [0.717, 1.165) is 51.2 Å². The molecule has 2 saturated carbocycles. The average molecular weight is 419 g/mol. The zero-order valence-corrected chi connectivity index (χ0v) is 19.2. The van der Waals surface area contributed by atoms with Crippen LogP contribution in [-0.4, -0.2) is 30.4 Å². The number of hydrogen-bond acceptors (Lipinski definition) is 5. The van der Waals surface area contributed by atoms with Crippen molar-refractivity contribution < 1.29 is 23.9 Å². The molecule has 30 heavy (non-hydrogen) atoms. The lowest BCUT2D eigenvalue weighted by atomic mass is 9.50. The van der Waals surface area contributed by atoms with E-state index in [1.165, 1.54) is 25.0 Å². The van der Waals surface area contributed by atoms with E-state index < -0.39 is 0 Å². The molecule has 4 unspecified atom stereocenters. The fraction of sp³-hybridized carbons (Fsp3) is 0.800. The zero-order valence-electron chi connectivity index (χ0n) is 19.2. The molecule has 3 aliphatic carbocycles. The first-order chi connectivity index (χ1) is 14.2. The molecule has 3 rings (SSSR count). The summed E-state index contributed by atoms with van der Waals surface area (Å²) in [6, 6.07) is 0. The topological polar surface area (TPSA) is 69.7 Å². The largest absolute Gasteiger partial charge is 0.463 e. The summed E-state index contributed by atoms with van der Waals surface area (Å²) in [5.41, 5.74) is 2.99. The Hall–Kier alpha value is -1.65. The van der Waals surface area contributed by atoms with Crippen LogP contribution in [0, 0.1) is 29.1 Å². The van der Waals surface area contributed by atoms with Gasteiger partial charge >= 0.3 is 11.9 Å². The van der Waals surface area contributed by atoms with Gasteiger partial charge in [0.25, 0.3) is 0 Å². The number of carbonyl (C=O) groups is 3. The number of aldehydes is 1. The molecule has 168 valence electrons. The molecule has 0 spiro atoms. The number of fused-ring (bicyclic) bond motifs is 1. The maximum absolute atomic E-state index is 11.7. The van der Waals surface area contributed by atoms with Gasteiger partial charge in [-0.05, 0) is 82.0 Å². The predicted molar refractivity (Wildman–Crippen MR) is 115 cm³/mol. The van der Waals surface area contributed by atoms with Gasteiger partial charge in [0.2, 0.25) is 0 Å². The Kier molecular flexibility index (Phi) is 7.09. The van der Waals surface area contributed by atoms with Gasteiger partial charge in [0.1, 0.15) is 18.5 Å². The lowest BCUT2D eigenvalue weighted by Crippen LogP contribution is -2.49. The summed E-state index contributed by atoms with van der Waals surface area (Å²) in [5.74, 6) is 1.12. The lowest BCUT2D eigenvalue weighted by molar-refractivity contribution is -0.154. The maximum atomic E-state index is 11.7. The molecular formula is C25H38O5. The molecule has 0 bridgehead atoms. The van der Waals surface area contributed by atoms with Gasteiger partial charge in [0, 0.05) is 26.2 Å². The third kappa shape index (κ3) is 4.50. The monoisotopic (exact) mass is 418 g/mol. The number of ether oxygens (including phenoxy) is 2. The predicted octanol–water partition coefficient (Wildman–Crippen LogP) is 5.02. The molecule has 2 fully saturated rings. The SMILES string of the molecule is CC(=O)OC(C)C1CCC(C2CC[C@H]3C[C@@H](OC(C)=O)CC[C@]3(C)C2CC=O)=C1C. The average Bonchev–Trinajstić information content (AvgIpc) is 3.03. The Labute approximate surface area is 181 Å². The molecule has 5 nitrogen and oxygen atoms in total. The minimum absolute atomic E-state index is 0.0235. The summed E-state index contributed by atoms with van der Waals surface area (Å²) >= 11 is 0. The van der Waals surface area contributed by atoms with Gasteiger partial charge in [-0.1, -0.05) is 18.1 Å². The molecule has 3 aliphatic rings. The van der Waals surface area contributed by atoms with Gasteiger partial charge in [-0.15, -0.1) is 0 Å². The number of rotatable bonds is 6. The molecule has 0 heterocycles. The molecule has 0 aromatic rings. The number of allylic oxidation sites excluding steroid dienone is 1. The first-order valence-electron chi connectivity index (χ1n) is 11.6. The fourth-order valence-corrected chi connectivity index (χ4v) is 7.03. The Morgan fingerprint density at radius 2 is 1.90 bits per heavy atom. The second-order valence-corrected chi connectivity index (χ2v) is 10.1. The molecule has 0 N–H and O–H groups in total. The van der Waals surface area contributed by atoms with Crippen molar-refractivity contribution in [3.05, 3.63) is 11.1 Å². The van der Waals surface area contributed by atoms with Crippen molar-refractivity contribution in [2.24, 2.45) is 29.1 Å². The van der Waals surface area contributed by atoms with Gasteiger partial charge in [0.15, 0.2) is 0 Å². The quantitative estimate of drug-likeness (QED) is 0.344. The van der Waals surface area contributed by atoms with E-state index in [-0.39, 0.29) is 35.5 Å². The number of esters is 2. The van der Waals surface area contributed by atoms with Gasteiger partial charge < -0.3 is 14.3 Å². The Morgan fingerprint density at radius 1 is 1.17 bits per heavy atom.